The lowest BCUT2D eigenvalue weighted by Gasteiger charge is -2.11. The normalized spacial score (nSPS) is 14.7. The van der Waals surface area contributed by atoms with Gasteiger partial charge in [-0.2, -0.15) is 0 Å². The van der Waals surface area contributed by atoms with E-state index in [9.17, 15) is 9.59 Å². The molecule has 0 atom stereocenters. The lowest BCUT2D eigenvalue weighted by atomic mass is 10.1. The van der Waals surface area contributed by atoms with Crippen molar-refractivity contribution in [3.8, 4) is 0 Å². The Morgan fingerprint density at radius 1 is 1.20 bits per heavy atom. The number of nitrogens with zero attached hydrogens (tertiary/aromatic N) is 1. The Morgan fingerprint density at radius 3 is 2.53 bits per heavy atom. The molecule has 1 aromatic rings. The second-order valence-electron chi connectivity index (χ2n) is 3.45. The van der Waals surface area contributed by atoms with E-state index in [0.717, 1.165) is 9.99 Å². The summed E-state index contributed by atoms with van der Waals surface area (Å²) in [7, 11) is 0. The fraction of sp³-hybridized carbons (Fsp3) is 0.273. The summed E-state index contributed by atoms with van der Waals surface area (Å²) < 4.78 is 0.978. The first-order valence-electron chi connectivity index (χ1n) is 4.81. The van der Waals surface area contributed by atoms with Crippen LogP contribution in [0.5, 0.6) is 0 Å². The zero-order valence-corrected chi connectivity index (χ0v) is 10.4. The van der Waals surface area contributed by atoms with E-state index in [-0.39, 0.29) is 11.8 Å². The van der Waals surface area contributed by atoms with Gasteiger partial charge in [0.25, 0.3) is 11.8 Å². The fourth-order valence-corrected chi connectivity index (χ4v) is 2.18. The van der Waals surface area contributed by atoms with Gasteiger partial charge in [0, 0.05) is 10.1 Å². The molecule has 15 heavy (non-hydrogen) atoms. The van der Waals surface area contributed by atoms with Crippen molar-refractivity contribution < 1.29 is 9.59 Å². The van der Waals surface area contributed by atoms with Crippen molar-refractivity contribution in [1.29, 1.82) is 0 Å². The second-order valence-corrected chi connectivity index (χ2v) is 4.70. The molecular formula is C11H10INO2. The Hall–Kier alpha value is -0.910. The van der Waals surface area contributed by atoms with Crippen molar-refractivity contribution in [2.45, 2.75) is 13.3 Å². The number of amides is 2. The maximum absolute atomic E-state index is 11.9. The van der Waals surface area contributed by atoms with Crippen LogP contribution in [-0.4, -0.2) is 23.3 Å². The summed E-state index contributed by atoms with van der Waals surface area (Å²) in [5.41, 5.74) is 1.08. The molecule has 0 saturated heterocycles. The minimum atomic E-state index is -0.159. The highest BCUT2D eigenvalue weighted by Crippen LogP contribution is 2.24. The van der Waals surface area contributed by atoms with Crippen LogP contribution in [-0.2, 0) is 0 Å². The van der Waals surface area contributed by atoms with Gasteiger partial charge in [0.2, 0.25) is 0 Å². The van der Waals surface area contributed by atoms with Gasteiger partial charge < -0.3 is 0 Å². The Labute approximate surface area is 102 Å². The quantitative estimate of drug-likeness (QED) is 0.620. The highest BCUT2D eigenvalue weighted by molar-refractivity contribution is 14.1. The first-order chi connectivity index (χ1) is 7.15. The number of fused-ring (bicyclic) bond motifs is 1. The van der Waals surface area contributed by atoms with E-state index in [4.69, 9.17) is 0 Å². The first-order valence-corrected chi connectivity index (χ1v) is 5.88. The van der Waals surface area contributed by atoms with Gasteiger partial charge in [0.05, 0.1) is 11.1 Å². The third-order valence-corrected chi connectivity index (χ3v) is 3.05. The van der Waals surface area contributed by atoms with E-state index in [1.165, 1.54) is 4.90 Å². The lowest BCUT2D eigenvalue weighted by Crippen LogP contribution is -2.30. The van der Waals surface area contributed by atoms with Gasteiger partial charge in [-0.1, -0.05) is 6.92 Å². The number of hydrogen-bond donors (Lipinski definition) is 0. The van der Waals surface area contributed by atoms with Gasteiger partial charge in [-0.15, -0.1) is 0 Å². The molecule has 4 heteroatoms. The molecule has 0 aliphatic carbocycles. The molecule has 2 rings (SSSR count). The van der Waals surface area contributed by atoms with Crippen LogP contribution in [0.25, 0.3) is 0 Å². The predicted molar refractivity (Wildman–Crippen MR) is 64.8 cm³/mol. The number of carbonyl (C=O) groups excluding carboxylic acids is 2. The van der Waals surface area contributed by atoms with E-state index >= 15 is 0 Å². The first kappa shape index (κ1) is 10.6. The molecule has 0 saturated carbocycles. The van der Waals surface area contributed by atoms with Crippen molar-refractivity contribution in [3.63, 3.8) is 0 Å². The number of carbonyl (C=O) groups is 2. The molecular weight excluding hydrogens is 305 g/mol. The SMILES string of the molecule is CCCN1C(=O)c2ccc(I)cc2C1=O. The highest BCUT2D eigenvalue weighted by atomic mass is 127. The van der Waals surface area contributed by atoms with E-state index in [2.05, 4.69) is 22.6 Å². The predicted octanol–water partition coefficient (Wildman–Crippen LogP) is 2.30. The topological polar surface area (TPSA) is 37.4 Å². The molecule has 0 bridgehead atoms. The average Bonchev–Trinajstić information content (AvgIpc) is 2.44. The molecule has 0 unspecified atom stereocenters. The second kappa shape index (κ2) is 3.92. The van der Waals surface area contributed by atoms with Crippen LogP contribution >= 0.6 is 22.6 Å². The Bertz CT molecular complexity index is 442. The van der Waals surface area contributed by atoms with Crippen LogP contribution in [0.3, 0.4) is 0 Å². The van der Waals surface area contributed by atoms with Crippen LogP contribution in [0.15, 0.2) is 18.2 Å². The molecule has 1 heterocycles. The summed E-state index contributed by atoms with van der Waals surface area (Å²) in [5, 5.41) is 0. The molecule has 78 valence electrons. The number of rotatable bonds is 2. The van der Waals surface area contributed by atoms with Crippen LogP contribution < -0.4 is 0 Å². The number of hydrogen-bond acceptors (Lipinski definition) is 2. The summed E-state index contributed by atoms with van der Waals surface area (Å²) >= 11 is 2.14. The van der Waals surface area contributed by atoms with Gasteiger partial charge >= 0.3 is 0 Å². The minimum absolute atomic E-state index is 0.157. The molecule has 3 nitrogen and oxygen atoms in total. The van der Waals surface area contributed by atoms with Gasteiger partial charge in [0.15, 0.2) is 0 Å². The largest absolute Gasteiger partial charge is 0.274 e. The van der Waals surface area contributed by atoms with E-state index < -0.39 is 0 Å². The van der Waals surface area contributed by atoms with Crippen molar-refractivity contribution in [3.05, 3.63) is 32.9 Å². The van der Waals surface area contributed by atoms with Gasteiger partial charge in [-0.25, -0.2) is 0 Å². The van der Waals surface area contributed by atoms with Gasteiger partial charge in [-0.3, -0.25) is 14.5 Å². The summed E-state index contributed by atoms with van der Waals surface area (Å²) in [6.07, 6.45) is 0.794. The zero-order chi connectivity index (χ0) is 11.0. The van der Waals surface area contributed by atoms with Crippen molar-refractivity contribution in [2.24, 2.45) is 0 Å². The Balaban J connectivity index is 2.46. The summed E-state index contributed by atoms with van der Waals surface area (Å²) in [4.78, 5) is 25.0. The van der Waals surface area contributed by atoms with Crippen LogP contribution in [0, 0.1) is 3.57 Å². The summed E-state index contributed by atoms with van der Waals surface area (Å²) in [5.74, 6) is -0.316. The molecule has 1 aliphatic rings. The fourth-order valence-electron chi connectivity index (χ4n) is 1.69. The van der Waals surface area contributed by atoms with E-state index in [1.807, 2.05) is 13.0 Å². The summed E-state index contributed by atoms with van der Waals surface area (Å²) in [6, 6.07) is 5.35. The van der Waals surface area contributed by atoms with E-state index in [1.54, 1.807) is 12.1 Å². The standard InChI is InChI=1S/C11H10INO2/c1-2-5-13-10(14)8-4-3-7(12)6-9(8)11(13)15/h3-4,6H,2,5H2,1H3. The molecule has 2 amide bonds. The smallest absolute Gasteiger partial charge is 0.261 e. The maximum atomic E-state index is 11.9. The highest BCUT2D eigenvalue weighted by Gasteiger charge is 2.34. The van der Waals surface area contributed by atoms with Crippen LogP contribution in [0.2, 0.25) is 0 Å². The van der Waals surface area contributed by atoms with E-state index in [0.29, 0.717) is 17.7 Å². The third kappa shape index (κ3) is 1.67. The number of benzene rings is 1. The van der Waals surface area contributed by atoms with Crippen molar-refractivity contribution >= 4 is 34.4 Å². The van der Waals surface area contributed by atoms with Crippen molar-refractivity contribution in [2.75, 3.05) is 6.54 Å². The molecule has 0 aromatic heterocycles. The maximum Gasteiger partial charge on any atom is 0.261 e. The Kier molecular flexibility index (Phi) is 2.77. The lowest BCUT2D eigenvalue weighted by molar-refractivity contribution is 0.0654. The minimum Gasteiger partial charge on any atom is -0.274 e. The average molecular weight is 315 g/mol. The Morgan fingerprint density at radius 2 is 1.87 bits per heavy atom. The third-order valence-electron chi connectivity index (χ3n) is 2.38. The number of imide groups is 1. The molecule has 0 fully saturated rings. The van der Waals surface area contributed by atoms with Gasteiger partial charge in [0.1, 0.15) is 0 Å². The van der Waals surface area contributed by atoms with Crippen molar-refractivity contribution in [1.82, 2.24) is 4.90 Å². The molecule has 0 spiro atoms. The van der Waals surface area contributed by atoms with Gasteiger partial charge in [-0.05, 0) is 47.2 Å². The number of halogens is 1. The molecule has 0 radical (unpaired) electrons. The molecule has 1 aromatic carbocycles. The van der Waals surface area contributed by atoms with Crippen LogP contribution in [0.1, 0.15) is 34.1 Å². The zero-order valence-electron chi connectivity index (χ0n) is 8.29. The monoisotopic (exact) mass is 315 g/mol. The van der Waals surface area contributed by atoms with Crippen LogP contribution in [0.4, 0.5) is 0 Å². The summed E-state index contributed by atoms with van der Waals surface area (Å²) in [6.45, 7) is 2.45. The molecule has 0 N–H and O–H groups in total. The molecule has 1 aliphatic heterocycles.